The fraction of sp³-hybridized carbons (Fsp3) is 0.750. The number of hydrogen-bond donors (Lipinski definition) is 0. The fourth-order valence-corrected chi connectivity index (χ4v) is 3.08. The standard InChI is InChI=1S/C12H16O5/c1-16-9(14)12(10(15)17-2)7-11(12)5-3-8(13)4-6-11/h3-7H2,1-2H3. The van der Waals surface area contributed by atoms with Crippen LogP contribution in [0.4, 0.5) is 0 Å². The Hall–Kier alpha value is -1.39. The SMILES string of the molecule is COC(=O)C1(C(=O)OC)CC12CCC(=O)CC2. The lowest BCUT2D eigenvalue weighted by Gasteiger charge is -2.25. The summed E-state index contributed by atoms with van der Waals surface area (Å²) >= 11 is 0. The van der Waals surface area contributed by atoms with Gasteiger partial charge in [-0.1, -0.05) is 0 Å². The number of hydrogen-bond acceptors (Lipinski definition) is 5. The second-order valence-electron chi connectivity index (χ2n) is 4.88. The second kappa shape index (κ2) is 3.82. The van der Waals surface area contributed by atoms with E-state index in [-0.39, 0.29) is 5.78 Å². The van der Waals surface area contributed by atoms with Crippen molar-refractivity contribution >= 4 is 17.7 Å². The maximum atomic E-state index is 11.8. The number of methoxy groups -OCH3 is 2. The predicted molar refractivity (Wildman–Crippen MR) is 57.0 cm³/mol. The van der Waals surface area contributed by atoms with Gasteiger partial charge in [0.2, 0.25) is 0 Å². The lowest BCUT2D eigenvalue weighted by Crippen LogP contribution is -2.36. The monoisotopic (exact) mass is 240 g/mol. The van der Waals surface area contributed by atoms with Crippen LogP contribution in [-0.2, 0) is 23.9 Å². The van der Waals surface area contributed by atoms with E-state index in [9.17, 15) is 14.4 Å². The first-order valence-corrected chi connectivity index (χ1v) is 5.71. The lowest BCUT2D eigenvalue weighted by molar-refractivity contribution is -0.164. The van der Waals surface area contributed by atoms with Gasteiger partial charge in [-0.15, -0.1) is 0 Å². The highest BCUT2D eigenvalue weighted by molar-refractivity contribution is 6.05. The van der Waals surface area contributed by atoms with Gasteiger partial charge >= 0.3 is 11.9 Å². The Morgan fingerprint density at radius 1 is 1.06 bits per heavy atom. The minimum Gasteiger partial charge on any atom is -0.468 e. The van der Waals surface area contributed by atoms with Gasteiger partial charge in [0.1, 0.15) is 5.78 Å². The number of Topliss-reactive ketones (excluding diaryl/α,β-unsaturated/α-hetero) is 1. The molecular formula is C12H16O5. The molecule has 1 spiro atoms. The normalized spacial score (nSPS) is 24.2. The van der Waals surface area contributed by atoms with E-state index in [1.54, 1.807) is 0 Å². The maximum Gasteiger partial charge on any atom is 0.323 e. The van der Waals surface area contributed by atoms with Crippen molar-refractivity contribution in [2.45, 2.75) is 32.1 Å². The third kappa shape index (κ3) is 1.48. The highest BCUT2D eigenvalue weighted by Crippen LogP contribution is 2.71. The zero-order valence-corrected chi connectivity index (χ0v) is 10.1. The van der Waals surface area contributed by atoms with E-state index in [2.05, 4.69) is 0 Å². The van der Waals surface area contributed by atoms with E-state index in [0.29, 0.717) is 32.1 Å². The molecular weight excluding hydrogens is 224 g/mol. The third-order valence-corrected chi connectivity index (χ3v) is 4.22. The molecule has 0 aromatic carbocycles. The van der Waals surface area contributed by atoms with Gasteiger partial charge in [0, 0.05) is 12.8 Å². The van der Waals surface area contributed by atoms with Crippen LogP contribution in [0.15, 0.2) is 0 Å². The van der Waals surface area contributed by atoms with Gasteiger partial charge in [0.25, 0.3) is 0 Å². The Morgan fingerprint density at radius 3 is 1.94 bits per heavy atom. The fourth-order valence-electron chi connectivity index (χ4n) is 3.08. The molecule has 94 valence electrons. The van der Waals surface area contributed by atoms with Crippen molar-refractivity contribution in [3.05, 3.63) is 0 Å². The molecule has 17 heavy (non-hydrogen) atoms. The average molecular weight is 240 g/mol. The average Bonchev–Trinajstić information content (AvgIpc) is 3.01. The van der Waals surface area contributed by atoms with Crippen LogP contribution in [0.1, 0.15) is 32.1 Å². The molecule has 0 aromatic rings. The molecule has 2 fully saturated rings. The van der Waals surface area contributed by atoms with Gasteiger partial charge in [-0.3, -0.25) is 14.4 Å². The van der Waals surface area contributed by atoms with Crippen LogP contribution >= 0.6 is 0 Å². The Bertz CT molecular complexity index is 358. The molecule has 2 rings (SSSR count). The molecule has 0 aliphatic heterocycles. The summed E-state index contributed by atoms with van der Waals surface area (Å²) in [6.45, 7) is 0. The van der Waals surface area contributed by atoms with Crippen LogP contribution in [0.3, 0.4) is 0 Å². The van der Waals surface area contributed by atoms with Crippen LogP contribution in [0.5, 0.6) is 0 Å². The van der Waals surface area contributed by atoms with E-state index in [0.717, 1.165) is 0 Å². The molecule has 0 N–H and O–H groups in total. The van der Waals surface area contributed by atoms with E-state index in [4.69, 9.17) is 9.47 Å². The van der Waals surface area contributed by atoms with Crippen molar-refractivity contribution in [1.29, 1.82) is 0 Å². The number of carbonyl (C=O) groups is 3. The number of ether oxygens (including phenoxy) is 2. The number of rotatable bonds is 2. The lowest BCUT2D eigenvalue weighted by atomic mass is 9.79. The van der Waals surface area contributed by atoms with Crippen molar-refractivity contribution < 1.29 is 23.9 Å². The molecule has 0 unspecified atom stereocenters. The molecule has 0 amide bonds. The minimum atomic E-state index is -1.16. The topological polar surface area (TPSA) is 69.7 Å². The Kier molecular flexibility index (Phi) is 2.72. The largest absolute Gasteiger partial charge is 0.468 e. The zero-order chi connectivity index (χ0) is 12.7. The molecule has 0 heterocycles. The summed E-state index contributed by atoms with van der Waals surface area (Å²) in [5.74, 6) is -0.858. The summed E-state index contributed by atoms with van der Waals surface area (Å²) in [4.78, 5) is 34.9. The van der Waals surface area contributed by atoms with Gasteiger partial charge < -0.3 is 9.47 Å². The third-order valence-electron chi connectivity index (χ3n) is 4.22. The summed E-state index contributed by atoms with van der Waals surface area (Å²) in [6, 6.07) is 0. The number of carbonyl (C=O) groups excluding carboxylic acids is 3. The second-order valence-corrected chi connectivity index (χ2v) is 4.88. The predicted octanol–water partition coefficient (Wildman–Crippen LogP) is 0.852. The van der Waals surface area contributed by atoms with Gasteiger partial charge in [-0.25, -0.2) is 0 Å². The molecule has 5 nitrogen and oxygen atoms in total. The molecule has 0 aromatic heterocycles. The number of esters is 2. The van der Waals surface area contributed by atoms with E-state index >= 15 is 0 Å². The summed E-state index contributed by atoms with van der Waals surface area (Å²) in [6.07, 6.45) is 2.49. The zero-order valence-electron chi connectivity index (χ0n) is 10.1. The molecule has 2 aliphatic rings. The molecule has 0 radical (unpaired) electrons. The van der Waals surface area contributed by atoms with Crippen LogP contribution < -0.4 is 0 Å². The van der Waals surface area contributed by atoms with Crippen molar-refractivity contribution in [2.24, 2.45) is 10.8 Å². The Morgan fingerprint density at radius 2 is 1.53 bits per heavy atom. The van der Waals surface area contributed by atoms with Crippen molar-refractivity contribution in [3.63, 3.8) is 0 Å². The van der Waals surface area contributed by atoms with Gasteiger partial charge in [-0.2, -0.15) is 0 Å². The summed E-state index contributed by atoms with van der Waals surface area (Å²) < 4.78 is 9.46. The van der Waals surface area contributed by atoms with Crippen molar-refractivity contribution in [2.75, 3.05) is 14.2 Å². The first-order valence-electron chi connectivity index (χ1n) is 5.71. The van der Waals surface area contributed by atoms with Crippen LogP contribution in [0.2, 0.25) is 0 Å². The summed E-state index contributed by atoms with van der Waals surface area (Å²) in [5, 5.41) is 0. The van der Waals surface area contributed by atoms with Crippen LogP contribution in [0.25, 0.3) is 0 Å². The molecule has 0 bridgehead atoms. The number of ketones is 1. The van der Waals surface area contributed by atoms with Crippen molar-refractivity contribution in [3.8, 4) is 0 Å². The molecule has 2 aliphatic carbocycles. The van der Waals surface area contributed by atoms with Crippen LogP contribution in [0, 0.1) is 10.8 Å². The highest BCUT2D eigenvalue weighted by Gasteiger charge is 2.77. The van der Waals surface area contributed by atoms with Gasteiger partial charge in [0.15, 0.2) is 5.41 Å². The molecule has 5 heteroatoms. The summed E-state index contributed by atoms with van der Waals surface area (Å²) in [5.41, 5.74) is -1.56. The van der Waals surface area contributed by atoms with Gasteiger partial charge in [0.05, 0.1) is 14.2 Å². The van der Waals surface area contributed by atoms with E-state index in [1.807, 2.05) is 0 Å². The minimum absolute atomic E-state index is 0.200. The Labute approximate surface area is 99.5 Å². The van der Waals surface area contributed by atoms with Gasteiger partial charge in [-0.05, 0) is 24.7 Å². The summed E-state index contributed by atoms with van der Waals surface area (Å²) in [7, 11) is 2.54. The molecule has 0 saturated heterocycles. The van der Waals surface area contributed by atoms with Crippen molar-refractivity contribution in [1.82, 2.24) is 0 Å². The van der Waals surface area contributed by atoms with E-state index in [1.165, 1.54) is 14.2 Å². The van der Waals surface area contributed by atoms with Crippen LogP contribution in [-0.4, -0.2) is 31.9 Å². The molecule has 0 atom stereocenters. The molecule has 2 saturated carbocycles. The first kappa shape index (κ1) is 12.1. The highest BCUT2D eigenvalue weighted by atomic mass is 16.5. The van der Waals surface area contributed by atoms with E-state index < -0.39 is 22.8 Å². The quantitative estimate of drug-likeness (QED) is 0.528. The maximum absolute atomic E-state index is 11.8. The smallest absolute Gasteiger partial charge is 0.323 e. The Balaban J connectivity index is 2.25. The first-order chi connectivity index (χ1) is 8.02.